The maximum atomic E-state index is 12.4. The number of rotatable bonds is 41. The molecule has 0 saturated heterocycles. The molecule has 0 aliphatic carbocycles. The van der Waals surface area contributed by atoms with Gasteiger partial charge in [-0.2, -0.15) is 0 Å². The van der Waals surface area contributed by atoms with E-state index in [-0.39, 0.29) is 18.9 Å². The van der Waals surface area contributed by atoms with Crippen molar-refractivity contribution in [2.45, 2.75) is 263 Å². The number of aliphatic hydroxyl groups excluding tert-OH is 3. The Balaban J connectivity index is 3.52. The van der Waals surface area contributed by atoms with Crippen LogP contribution in [0.3, 0.4) is 0 Å². The Morgan fingerprint density at radius 2 is 0.800 bits per heavy atom. The standard InChI is InChI=1S/C45H89NO4/c1-3-5-7-9-11-13-15-16-17-18-19-20-21-22-23-24-25-26-27-28-29-31-33-35-37-39-44(49)43(41-47)46-45(50)40-42(48)38-36-34-32-30-14-12-10-8-6-4-2/h12,14,42-44,47-49H,3-11,13,15-41H2,1-2H3,(H,46,50)/b14-12-. The lowest BCUT2D eigenvalue weighted by Gasteiger charge is -2.23. The molecular formula is C45H89NO4. The van der Waals surface area contributed by atoms with E-state index in [4.69, 9.17) is 0 Å². The Labute approximate surface area is 312 Å². The van der Waals surface area contributed by atoms with Crippen LogP contribution < -0.4 is 5.32 Å². The van der Waals surface area contributed by atoms with Crippen molar-refractivity contribution in [2.75, 3.05) is 6.61 Å². The summed E-state index contributed by atoms with van der Waals surface area (Å²) >= 11 is 0. The average molecular weight is 708 g/mol. The Kier molecular flexibility index (Phi) is 40.1. The van der Waals surface area contributed by atoms with Crippen LogP contribution in [0.2, 0.25) is 0 Å². The Bertz CT molecular complexity index is 699. The molecule has 0 aromatic heterocycles. The monoisotopic (exact) mass is 708 g/mol. The summed E-state index contributed by atoms with van der Waals surface area (Å²) < 4.78 is 0. The Morgan fingerprint density at radius 3 is 1.20 bits per heavy atom. The number of aliphatic hydroxyl groups is 3. The number of allylic oxidation sites excluding steroid dienone is 2. The molecule has 0 bridgehead atoms. The van der Waals surface area contributed by atoms with Crippen molar-refractivity contribution in [3.05, 3.63) is 12.2 Å². The van der Waals surface area contributed by atoms with E-state index in [9.17, 15) is 20.1 Å². The van der Waals surface area contributed by atoms with E-state index in [1.165, 1.54) is 173 Å². The fourth-order valence-corrected chi connectivity index (χ4v) is 7.11. The maximum Gasteiger partial charge on any atom is 0.222 e. The second-order valence-corrected chi connectivity index (χ2v) is 15.7. The van der Waals surface area contributed by atoms with E-state index in [0.29, 0.717) is 12.8 Å². The molecule has 0 radical (unpaired) electrons. The molecule has 1 amide bonds. The second kappa shape index (κ2) is 40.9. The van der Waals surface area contributed by atoms with Crippen LogP contribution in [0.4, 0.5) is 0 Å². The molecule has 298 valence electrons. The quantitative estimate of drug-likeness (QED) is 0.0376. The fourth-order valence-electron chi connectivity index (χ4n) is 7.11. The van der Waals surface area contributed by atoms with E-state index in [0.717, 1.165) is 38.5 Å². The van der Waals surface area contributed by atoms with E-state index in [1.54, 1.807) is 0 Å². The van der Waals surface area contributed by atoms with Crippen LogP contribution in [-0.4, -0.2) is 46.1 Å². The van der Waals surface area contributed by atoms with Crippen LogP contribution >= 0.6 is 0 Å². The Hall–Kier alpha value is -0.910. The first-order chi connectivity index (χ1) is 24.5. The van der Waals surface area contributed by atoms with Crippen molar-refractivity contribution in [3.8, 4) is 0 Å². The van der Waals surface area contributed by atoms with Crippen LogP contribution in [0.15, 0.2) is 12.2 Å². The predicted octanol–water partition coefficient (Wildman–Crippen LogP) is 12.8. The molecule has 4 N–H and O–H groups in total. The minimum atomic E-state index is -0.749. The fraction of sp³-hybridized carbons (Fsp3) is 0.933. The molecule has 50 heavy (non-hydrogen) atoms. The highest BCUT2D eigenvalue weighted by molar-refractivity contribution is 5.76. The van der Waals surface area contributed by atoms with Crippen molar-refractivity contribution in [1.29, 1.82) is 0 Å². The molecule has 0 heterocycles. The van der Waals surface area contributed by atoms with Gasteiger partial charge >= 0.3 is 0 Å². The van der Waals surface area contributed by atoms with Gasteiger partial charge in [-0.05, 0) is 38.5 Å². The third-order valence-electron chi connectivity index (χ3n) is 10.6. The first kappa shape index (κ1) is 49.1. The van der Waals surface area contributed by atoms with Crippen LogP contribution in [-0.2, 0) is 4.79 Å². The highest BCUT2D eigenvalue weighted by Crippen LogP contribution is 2.17. The molecule has 0 aliphatic heterocycles. The smallest absolute Gasteiger partial charge is 0.222 e. The number of hydrogen-bond donors (Lipinski definition) is 4. The molecule has 5 heteroatoms. The lowest BCUT2D eigenvalue weighted by atomic mass is 10.0. The van der Waals surface area contributed by atoms with E-state index >= 15 is 0 Å². The number of amides is 1. The van der Waals surface area contributed by atoms with Gasteiger partial charge in [0.2, 0.25) is 5.91 Å². The predicted molar refractivity (Wildman–Crippen MR) is 218 cm³/mol. The van der Waals surface area contributed by atoms with Gasteiger partial charge < -0.3 is 20.6 Å². The van der Waals surface area contributed by atoms with Crippen LogP contribution in [0.1, 0.15) is 245 Å². The van der Waals surface area contributed by atoms with Gasteiger partial charge in [0.25, 0.3) is 0 Å². The van der Waals surface area contributed by atoms with Crippen LogP contribution in [0, 0.1) is 0 Å². The first-order valence-corrected chi connectivity index (χ1v) is 22.5. The summed E-state index contributed by atoms with van der Waals surface area (Å²) in [7, 11) is 0. The number of carbonyl (C=O) groups is 1. The number of hydrogen-bond acceptors (Lipinski definition) is 4. The second-order valence-electron chi connectivity index (χ2n) is 15.7. The first-order valence-electron chi connectivity index (χ1n) is 22.5. The van der Waals surface area contributed by atoms with Gasteiger partial charge in [0.1, 0.15) is 0 Å². The zero-order chi connectivity index (χ0) is 36.6. The van der Waals surface area contributed by atoms with E-state index < -0.39 is 18.2 Å². The summed E-state index contributed by atoms with van der Waals surface area (Å²) in [6, 6.07) is -0.659. The van der Waals surface area contributed by atoms with Crippen molar-refractivity contribution < 1.29 is 20.1 Å². The lowest BCUT2D eigenvalue weighted by Crippen LogP contribution is -2.46. The minimum Gasteiger partial charge on any atom is -0.394 e. The molecule has 0 saturated carbocycles. The topological polar surface area (TPSA) is 89.8 Å². The zero-order valence-corrected chi connectivity index (χ0v) is 33.8. The number of carbonyl (C=O) groups excluding carboxylic acids is 1. The van der Waals surface area contributed by atoms with Gasteiger partial charge in [-0.3, -0.25) is 4.79 Å². The van der Waals surface area contributed by atoms with Crippen molar-refractivity contribution in [2.24, 2.45) is 0 Å². The molecule has 0 rings (SSSR count). The SMILES string of the molecule is CCCCC/C=C\CCCCCC(O)CC(=O)NC(CO)C(O)CCCCCCCCCCCCCCCCCCCCCCCCCCC. The third-order valence-corrected chi connectivity index (χ3v) is 10.6. The van der Waals surface area contributed by atoms with Crippen LogP contribution in [0.25, 0.3) is 0 Å². The maximum absolute atomic E-state index is 12.4. The molecular weight excluding hydrogens is 618 g/mol. The highest BCUT2D eigenvalue weighted by Gasteiger charge is 2.21. The van der Waals surface area contributed by atoms with Gasteiger partial charge in [-0.25, -0.2) is 0 Å². The van der Waals surface area contributed by atoms with Gasteiger partial charge in [0.15, 0.2) is 0 Å². The molecule has 5 nitrogen and oxygen atoms in total. The largest absolute Gasteiger partial charge is 0.394 e. The van der Waals surface area contributed by atoms with E-state index in [2.05, 4.69) is 31.3 Å². The molecule has 0 spiro atoms. The third kappa shape index (κ3) is 36.9. The van der Waals surface area contributed by atoms with Crippen molar-refractivity contribution in [3.63, 3.8) is 0 Å². The van der Waals surface area contributed by atoms with Crippen molar-refractivity contribution in [1.82, 2.24) is 5.32 Å². The summed E-state index contributed by atoms with van der Waals surface area (Å²) in [6.07, 6.45) is 47.7. The summed E-state index contributed by atoms with van der Waals surface area (Å²) in [5.41, 5.74) is 0. The summed E-state index contributed by atoms with van der Waals surface area (Å²) in [4.78, 5) is 12.4. The van der Waals surface area contributed by atoms with Gasteiger partial charge in [0, 0.05) is 0 Å². The summed E-state index contributed by atoms with van der Waals surface area (Å²) in [6.45, 7) is 4.23. The van der Waals surface area contributed by atoms with Crippen LogP contribution in [0.5, 0.6) is 0 Å². The number of unbranched alkanes of at least 4 members (excludes halogenated alkanes) is 30. The molecule has 0 aliphatic rings. The van der Waals surface area contributed by atoms with Crippen molar-refractivity contribution >= 4 is 5.91 Å². The normalized spacial score (nSPS) is 13.6. The number of nitrogens with one attached hydrogen (secondary N) is 1. The molecule has 0 aromatic rings. The molecule has 0 fully saturated rings. The molecule has 3 atom stereocenters. The average Bonchev–Trinajstić information content (AvgIpc) is 3.11. The van der Waals surface area contributed by atoms with Gasteiger partial charge in [-0.1, -0.05) is 212 Å². The molecule has 3 unspecified atom stereocenters. The van der Waals surface area contributed by atoms with Gasteiger partial charge in [-0.15, -0.1) is 0 Å². The minimum absolute atomic E-state index is 0.0278. The zero-order valence-electron chi connectivity index (χ0n) is 33.8. The lowest BCUT2D eigenvalue weighted by molar-refractivity contribution is -0.125. The van der Waals surface area contributed by atoms with E-state index in [1.807, 2.05) is 0 Å². The highest BCUT2D eigenvalue weighted by atomic mass is 16.3. The van der Waals surface area contributed by atoms with Gasteiger partial charge in [0.05, 0.1) is 31.3 Å². The summed E-state index contributed by atoms with van der Waals surface area (Å²) in [5, 5.41) is 33.3. The summed E-state index contributed by atoms with van der Waals surface area (Å²) in [5.74, 6) is -0.291. The Morgan fingerprint density at radius 1 is 0.480 bits per heavy atom. The molecule has 0 aromatic carbocycles.